The first-order chi connectivity index (χ1) is 18.3. The fraction of sp³-hybridized carbons (Fsp3) is 0.393. The van der Waals surface area contributed by atoms with Gasteiger partial charge in [0.05, 0.1) is 18.7 Å². The molecule has 2 aliphatic carbocycles. The van der Waals surface area contributed by atoms with Crippen LogP contribution in [0.2, 0.25) is 0 Å². The summed E-state index contributed by atoms with van der Waals surface area (Å²) in [5.74, 6) is -3.22. The summed E-state index contributed by atoms with van der Waals surface area (Å²) < 4.78 is 28.0. The largest absolute Gasteiger partial charge is 0.311 e. The van der Waals surface area contributed by atoms with Crippen LogP contribution in [0.4, 0.5) is 20.3 Å². The molecule has 2 aromatic heterocycles. The molecular weight excluding hydrogens is 490 g/mol. The maximum Gasteiger partial charge on any atom is 0.253 e. The van der Waals surface area contributed by atoms with Crippen molar-refractivity contribution in [3.8, 4) is 17.2 Å². The second-order valence-corrected chi connectivity index (χ2v) is 10.5. The lowest BCUT2D eigenvalue weighted by molar-refractivity contribution is -0.123. The number of carbonyl (C=O) groups excluding carboxylic acids is 2. The van der Waals surface area contributed by atoms with Gasteiger partial charge in [0.2, 0.25) is 11.8 Å². The Morgan fingerprint density at radius 1 is 1.21 bits per heavy atom. The standard InChI is InChI=1S/C28H26F2N6O2/c29-28(30)13-22(28)16-35-15-20(14-33-35)19-3-1-2-18(10-19)11-25(37)34-24-12-23(6-8-32-24)36-9-7-27(17-31,26(36)38)21-4-5-21/h1-3,6,8,10,12,14-15,21-22H,4-5,7,9,11,13,16H2,(H,32,34,37)/t22?,27-/m1/s1. The maximum atomic E-state index is 13.2. The van der Waals surface area contributed by atoms with E-state index in [1.165, 1.54) is 10.9 Å². The third-order valence-electron chi connectivity index (χ3n) is 7.77. The van der Waals surface area contributed by atoms with E-state index in [2.05, 4.69) is 21.5 Å². The molecule has 194 valence electrons. The summed E-state index contributed by atoms with van der Waals surface area (Å²) in [4.78, 5) is 31.8. The highest BCUT2D eigenvalue weighted by Crippen LogP contribution is 2.52. The third kappa shape index (κ3) is 4.53. The Morgan fingerprint density at radius 3 is 2.76 bits per heavy atom. The highest BCUT2D eigenvalue weighted by atomic mass is 19.3. The monoisotopic (exact) mass is 516 g/mol. The molecule has 3 aliphatic rings. The number of amides is 2. The van der Waals surface area contributed by atoms with Crippen LogP contribution in [0, 0.1) is 28.6 Å². The zero-order valence-corrected chi connectivity index (χ0v) is 20.6. The predicted octanol–water partition coefficient (Wildman–Crippen LogP) is 4.44. The predicted molar refractivity (Wildman–Crippen MR) is 135 cm³/mol. The first kappa shape index (κ1) is 24.2. The van der Waals surface area contributed by atoms with Crippen LogP contribution in [0.25, 0.3) is 11.1 Å². The highest BCUT2D eigenvalue weighted by molar-refractivity contribution is 6.02. The molecule has 1 N–H and O–H groups in total. The van der Waals surface area contributed by atoms with Crippen LogP contribution in [0.5, 0.6) is 0 Å². The minimum Gasteiger partial charge on any atom is -0.311 e. The van der Waals surface area contributed by atoms with Gasteiger partial charge >= 0.3 is 0 Å². The van der Waals surface area contributed by atoms with Gasteiger partial charge < -0.3 is 10.2 Å². The Kier molecular flexibility index (Phi) is 5.74. The molecular formula is C28H26F2N6O2. The molecule has 38 heavy (non-hydrogen) atoms. The van der Waals surface area contributed by atoms with Crippen LogP contribution in [0.3, 0.4) is 0 Å². The van der Waals surface area contributed by atoms with Crippen molar-refractivity contribution < 1.29 is 18.4 Å². The molecule has 8 nitrogen and oxygen atoms in total. The fourth-order valence-corrected chi connectivity index (χ4v) is 5.33. The van der Waals surface area contributed by atoms with E-state index in [1.54, 1.807) is 29.4 Å². The molecule has 0 bridgehead atoms. The first-order valence-corrected chi connectivity index (χ1v) is 12.8. The van der Waals surface area contributed by atoms with E-state index < -0.39 is 17.3 Å². The summed E-state index contributed by atoms with van der Waals surface area (Å²) in [6.07, 6.45) is 7.26. The number of benzene rings is 1. The van der Waals surface area contributed by atoms with Gasteiger partial charge in [-0.05, 0) is 42.4 Å². The smallest absolute Gasteiger partial charge is 0.253 e. The topological polar surface area (TPSA) is 104 Å². The molecule has 2 saturated carbocycles. The van der Waals surface area contributed by atoms with Gasteiger partial charge in [-0.15, -0.1) is 0 Å². The quantitative estimate of drug-likeness (QED) is 0.477. The van der Waals surface area contributed by atoms with Gasteiger partial charge in [0.25, 0.3) is 5.92 Å². The van der Waals surface area contributed by atoms with Gasteiger partial charge in [0.1, 0.15) is 11.2 Å². The van der Waals surface area contributed by atoms with Gasteiger partial charge in [-0.2, -0.15) is 10.4 Å². The van der Waals surface area contributed by atoms with E-state index >= 15 is 0 Å². The molecule has 3 aromatic rings. The van der Waals surface area contributed by atoms with Crippen LogP contribution >= 0.6 is 0 Å². The average molecular weight is 517 g/mol. The second kappa shape index (κ2) is 9.01. The number of carbonyl (C=O) groups is 2. The summed E-state index contributed by atoms with van der Waals surface area (Å²) in [6.45, 7) is 0.648. The third-order valence-corrected chi connectivity index (χ3v) is 7.77. The number of hydrogen-bond donors (Lipinski definition) is 1. The van der Waals surface area contributed by atoms with Crippen LogP contribution in [0.1, 0.15) is 31.2 Å². The number of nitrogens with zero attached hydrogens (tertiary/aromatic N) is 5. The van der Waals surface area contributed by atoms with Crippen molar-refractivity contribution in [3.05, 3.63) is 60.6 Å². The summed E-state index contributed by atoms with van der Waals surface area (Å²) in [7, 11) is 0. The number of halogens is 2. The summed E-state index contributed by atoms with van der Waals surface area (Å²) in [5.41, 5.74) is 2.09. The molecule has 1 aliphatic heterocycles. The summed E-state index contributed by atoms with van der Waals surface area (Å²) in [6, 6.07) is 13.1. The SMILES string of the molecule is N#C[C@@]1(C2CC2)CCN(c2ccnc(NC(=O)Cc3cccc(-c4cnn(CC5CC5(F)F)c4)c3)c2)C1=O. The molecule has 0 radical (unpaired) electrons. The second-order valence-electron chi connectivity index (χ2n) is 10.5. The first-order valence-electron chi connectivity index (χ1n) is 12.8. The average Bonchev–Trinajstić information content (AvgIpc) is 3.74. The van der Waals surface area contributed by atoms with E-state index in [1.807, 2.05) is 24.3 Å². The van der Waals surface area contributed by atoms with Crippen molar-refractivity contribution in [3.63, 3.8) is 0 Å². The Morgan fingerprint density at radius 2 is 2.03 bits per heavy atom. The number of nitrogens with one attached hydrogen (secondary N) is 1. The molecule has 6 rings (SSSR count). The fourth-order valence-electron chi connectivity index (χ4n) is 5.33. The number of aromatic nitrogens is 3. The molecule has 10 heteroatoms. The zero-order chi connectivity index (χ0) is 26.5. The van der Waals surface area contributed by atoms with E-state index in [9.17, 15) is 23.6 Å². The van der Waals surface area contributed by atoms with Gasteiger partial charge in [-0.25, -0.2) is 13.8 Å². The lowest BCUT2D eigenvalue weighted by Crippen LogP contribution is -2.35. The Hall–Kier alpha value is -4.13. The van der Waals surface area contributed by atoms with Crippen LogP contribution in [0.15, 0.2) is 55.0 Å². The summed E-state index contributed by atoms with van der Waals surface area (Å²) >= 11 is 0. The van der Waals surface area contributed by atoms with Crippen molar-refractivity contribution in [2.45, 2.75) is 44.6 Å². The Bertz CT molecular complexity index is 1460. The number of hydrogen-bond acceptors (Lipinski definition) is 5. The molecule has 2 amide bonds. The van der Waals surface area contributed by atoms with Gasteiger partial charge in [-0.3, -0.25) is 14.3 Å². The number of anilines is 2. The summed E-state index contributed by atoms with van der Waals surface area (Å²) in [5, 5.41) is 16.7. The number of rotatable bonds is 8. The zero-order valence-electron chi connectivity index (χ0n) is 20.6. The van der Waals surface area contributed by atoms with E-state index in [0.717, 1.165) is 29.5 Å². The number of nitriles is 1. The van der Waals surface area contributed by atoms with Crippen LogP contribution in [-0.2, 0) is 22.6 Å². The van der Waals surface area contributed by atoms with E-state index in [0.29, 0.717) is 24.5 Å². The molecule has 3 fully saturated rings. The molecule has 0 spiro atoms. The maximum absolute atomic E-state index is 13.2. The normalized spacial score (nSPS) is 23.8. The number of alkyl halides is 2. The molecule has 1 unspecified atom stereocenters. The molecule has 1 aromatic carbocycles. The molecule has 3 heterocycles. The van der Waals surface area contributed by atoms with Gasteiger partial charge in [0, 0.05) is 55.1 Å². The van der Waals surface area contributed by atoms with Gasteiger partial charge in [0.15, 0.2) is 0 Å². The molecule has 2 atom stereocenters. The van der Waals surface area contributed by atoms with Crippen molar-refractivity contribution in [2.24, 2.45) is 17.3 Å². The Balaban J connectivity index is 1.10. The number of pyridine rings is 1. The lowest BCUT2D eigenvalue weighted by atomic mass is 9.83. The van der Waals surface area contributed by atoms with Crippen molar-refractivity contribution >= 4 is 23.3 Å². The van der Waals surface area contributed by atoms with Crippen LogP contribution in [-0.4, -0.2) is 39.0 Å². The van der Waals surface area contributed by atoms with Crippen molar-refractivity contribution in [1.29, 1.82) is 5.26 Å². The molecule has 1 saturated heterocycles. The minimum absolute atomic E-state index is 0.0972. The highest BCUT2D eigenvalue weighted by Gasteiger charge is 2.57. The van der Waals surface area contributed by atoms with E-state index in [4.69, 9.17) is 0 Å². The minimum atomic E-state index is -2.59. The Labute approximate surface area is 218 Å². The lowest BCUT2D eigenvalue weighted by Gasteiger charge is -2.21. The van der Waals surface area contributed by atoms with Crippen LogP contribution < -0.4 is 10.2 Å². The van der Waals surface area contributed by atoms with Gasteiger partial charge in [-0.1, -0.05) is 24.3 Å². The van der Waals surface area contributed by atoms with Crippen molar-refractivity contribution in [1.82, 2.24) is 14.8 Å². The van der Waals surface area contributed by atoms with Crippen molar-refractivity contribution in [2.75, 3.05) is 16.8 Å². The van der Waals surface area contributed by atoms with E-state index in [-0.39, 0.29) is 37.1 Å².